The monoisotopic (exact) mass is 434 g/mol. The fourth-order valence-corrected chi connectivity index (χ4v) is 3.32. The van der Waals surface area contributed by atoms with Crippen LogP contribution in [0.1, 0.15) is 48.5 Å². The molecule has 0 bridgehead atoms. The van der Waals surface area contributed by atoms with Gasteiger partial charge in [0.25, 0.3) is 5.91 Å². The number of hydrogen-bond acceptors (Lipinski definition) is 5. The van der Waals surface area contributed by atoms with Gasteiger partial charge in [0, 0.05) is 16.9 Å². The van der Waals surface area contributed by atoms with Crippen LogP contribution in [0.4, 0.5) is 11.4 Å². The second-order valence-corrected chi connectivity index (χ2v) is 8.49. The lowest BCUT2D eigenvalue weighted by Crippen LogP contribution is -2.15. The number of carbonyl (C=O) groups excluding carboxylic acids is 1. The van der Waals surface area contributed by atoms with Crippen molar-refractivity contribution >= 4 is 17.3 Å². The van der Waals surface area contributed by atoms with E-state index in [1.165, 1.54) is 19.8 Å². The molecule has 3 aromatic rings. The Morgan fingerprint density at radius 2 is 1.38 bits per heavy atom. The van der Waals surface area contributed by atoms with Crippen LogP contribution in [0.5, 0.6) is 11.5 Å². The number of methoxy groups -OCH3 is 2. The summed E-state index contributed by atoms with van der Waals surface area (Å²) in [6.45, 7) is 6.46. The lowest BCUT2D eigenvalue weighted by Gasteiger charge is -2.20. The van der Waals surface area contributed by atoms with E-state index in [2.05, 4.69) is 31.4 Å². The van der Waals surface area contributed by atoms with Crippen molar-refractivity contribution in [2.45, 2.75) is 32.4 Å². The van der Waals surface area contributed by atoms with Crippen molar-refractivity contribution in [2.24, 2.45) is 0 Å². The van der Waals surface area contributed by atoms with E-state index in [-0.39, 0.29) is 11.3 Å². The van der Waals surface area contributed by atoms with Crippen LogP contribution in [0.2, 0.25) is 0 Å². The van der Waals surface area contributed by atoms with Crippen molar-refractivity contribution in [3.63, 3.8) is 0 Å². The van der Waals surface area contributed by atoms with Crippen molar-refractivity contribution in [3.05, 3.63) is 83.4 Å². The van der Waals surface area contributed by atoms with Crippen LogP contribution < -0.4 is 20.1 Å². The SMILES string of the molecule is COc1cccc(OC)c1C(=O)Nc1ccc(NC(O)c2ccc(C(C)(C)C)cc2)cc1. The lowest BCUT2D eigenvalue weighted by molar-refractivity contribution is 0.102. The highest BCUT2D eigenvalue weighted by Crippen LogP contribution is 2.29. The molecule has 3 aromatic carbocycles. The first-order valence-electron chi connectivity index (χ1n) is 10.4. The normalized spacial score (nSPS) is 12.1. The van der Waals surface area contributed by atoms with Crippen molar-refractivity contribution < 1.29 is 19.4 Å². The summed E-state index contributed by atoms with van der Waals surface area (Å²) < 4.78 is 10.6. The first-order valence-corrected chi connectivity index (χ1v) is 10.4. The Hall–Kier alpha value is -3.51. The Labute approximate surface area is 189 Å². The molecule has 1 amide bonds. The number of nitrogens with one attached hydrogen (secondary N) is 2. The van der Waals surface area contributed by atoms with Crippen molar-refractivity contribution in [3.8, 4) is 11.5 Å². The number of ether oxygens (including phenoxy) is 2. The van der Waals surface area contributed by atoms with E-state index in [4.69, 9.17) is 9.47 Å². The molecule has 0 spiro atoms. The Bertz CT molecular complexity index is 1030. The van der Waals surface area contributed by atoms with E-state index in [0.717, 1.165) is 11.3 Å². The second kappa shape index (κ2) is 9.75. The maximum atomic E-state index is 12.8. The molecule has 0 aliphatic carbocycles. The van der Waals surface area contributed by atoms with Gasteiger partial charge in [-0.25, -0.2) is 0 Å². The number of carbonyl (C=O) groups is 1. The zero-order chi connectivity index (χ0) is 23.3. The molecule has 32 heavy (non-hydrogen) atoms. The van der Waals surface area contributed by atoms with Crippen molar-refractivity contribution in [1.29, 1.82) is 0 Å². The maximum absolute atomic E-state index is 12.8. The predicted molar refractivity (Wildman–Crippen MR) is 128 cm³/mol. The average Bonchev–Trinajstić information content (AvgIpc) is 2.79. The molecule has 0 heterocycles. The first kappa shape index (κ1) is 23.2. The fourth-order valence-electron chi connectivity index (χ4n) is 3.32. The van der Waals surface area contributed by atoms with Gasteiger partial charge in [-0.15, -0.1) is 0 Å². The van der Waals surface area contributed by atoms with Crippen LogP contribution >= 0.6 is 0 Å². The van der Waals surface area contributed by atoms with Gasteiger partial charge in [-0.2, -0.15) is 0 Å². The summed E-state index contributed by atoms with van der Waals surface area (Å²) >= 11 is 0. The average molecular weight is 435 g/mol. The third-order valence-corrected chi connectivity index (χ3v) is 5.19. The molecule has 1 unspecified atom stereocenters. The number of hydrogen-bond donors (Lipinski definition) is 3. The van der Waals surface area contributed by atoms with Crippen LogP contribution in [0, 0.1) is 0 Å². The molecule has 1 atom stereocenters. The summed E-state index contributed by atoms with van der Waals surface area (Å²) in [5, 5.41) is 16.5. The van der Waals surface area contributed by atoms with Crippen molar-refractivity contribution in [1.82, 2.24) is 0 Å². The molecule has 0 aliphatic rings. The molecular weight excluding hydrogens is 404 g/mol. The molecule has 3 N–H and O–H groups in total. The highest BCUT2D eigenvalue weighted by Gasteiger charge is 2.18. The maximum Gasteiger partial charge on any atom is 0.263 e. The van der Waals surface area contributed by atoms with Crippen LogP contribution in [0.3, 0.4) is 0 Å². The van der Waals surface area contributed by atoms with Gasteiger partial charge in [0.15, 0.2) is 6.23 Å². The Morgan fingerprint density at radius 3 is 1.88 bits per heavy atom. The van der Waals surface area contributed by atoms with E-state index in [1.54, 1.807) is 42.5 Å². The van der Waals surface area contributed by atoms with E-state index in [1.807, 2.05) is 24.3 Å². The molecule has 6 heteroatoms. The summed E-state index contributed by atoms with van der Waals surface area (Å²) in [5.41, 5.74) is 3.71. The standard InChI is InChI=1S/C26H30N2O4/c1-26(2,3)18-11-9-17(10-12-18)24(29)27-19-13-15-20(16-14-19)28-25(30)23-21(31-4)7-6-8-22(23)32-5/h6-16,24,27,29H,1-5H3,(H,28,30). The van der Waals surface area contributed by atoms with Crippen LogP contribution in [0.15, 0.2) is 66.7 Å². The van der Waals surface area contributed by atoms with E-state index in [9.17, 15) is 9.90 Å². The zero-order valence-electron chi connectivity index (χ0n) is 19.1. The summed E-state index contributed by atoms with van der Waals surface area (Å²) in [6.07, 6.45) is -0.845. The third-order valence-electron chi connectivity index (χ3n) is 5.19. The number of anilines is 2. The minimum atomic E-state index is -0.845. The molecule has 0 saturated carbocycles. The Kier molecular flexibility index (Phi) is 7.05. The molecule has 6 nitrogen and oxygen atoms in total. The van der Waals surface area contributed by atoms with Gasteiger partial charge in [0.05, 0.1) is 14.2 Å². The van der Waals surface area contributed by atoms with Gasteiger partial charge in [0.2, 0.25) is 0 Å². The van der Waals surface area contributed by atoms with Gasteiger partial charge in [-0.05, 0) is 47.4 Å². The minimum Gasteiger partial charge on any atom is -0.496 e. The fraction of sp³-hybridized carbons (Fsp3) is 0.269. The summed E-state index contributed by atoms with van der Waals surface area (Å²) in [5.74, 6) is 0.528. The lowest BCUT2D eigenvalue weighted by atomic mass is 9.86. The highest BCUT2D eigenvalue weighted by molar-refractivity contribution is 6.08. The highest BCUT2D eigenvalue weighted by atomic mass is 16.5. The number of amides is 1. The van der Waals surface area contributed by atoms with E-state index >= 15 is 0 Å². The van der Waals surface area contributed by atoms with E-state index in [0.29, 0.717) is 22.7 Å². The number of aliphatic hydroxyl groups is 1. The summed E-state index contributed by atoms with van der Waals surface area (Å²) in [7, 11) is 3.02. The topological polar surface area (TPSA) is 79.8 Å². The Balaban J connectivity index is 1.67. The molecular formula is C26H30N2O4. The van der Waals surface area contributed by atoms with E-state index < -0.39 is 6.23 Å². The first-order chi connectivity index (χ1) is 15.2. The van der Waals surface area contributed by atoms with Crippen LogP contribution in [0.25, 0.3) is 0 Å². The third kappa shape index (κ3) is 5.39. The number of benzene rings is 3. The number of rotatable bonds is 7. The molecule has 0 radical (unpaired) electrons. The summed E-state index contributed by atoms with van der Waals surface area (Å²) in [4.78, 5) is 12.8. The molecule has 0 aliphatic heterocycles. The largest absolute Gasteiger partial charge is 0.496 e. The van der Waals surface area contributed by atoms with Gasteiger partial charge in [-0.3, -0.25) is 4.79 Å². The molecule has 0 saturated heterocycles. The Morgan fingerprint density at radius 1 is 0.844 bits per heavy atom. The van der Waals surface area contributed by atoms with Gasteiger partial charge >= 0.3 is 0 Å². The van der Waals surface area contributed by atoms with Crippen molar-refractivity contribution in [2.75, 3.05) is 24.9 Å². The van der Waals surface area contributed by atoms with Crippen LogP contribution in [-0.4, -0.2) is 25.2 Å². The molecule has 0 fully saturated rings. The number of aliphatic hydroxyl groups excluding tert-OH is 1. The molecule has 3 rings (SSSR count). The zero-order valence-corrected chi connectivity index (χ0v) is 19.1. The second-order valence-electron chi connectivity index (χ2n) is 8.49. The quantitative estimate of drug-likeness (QED) is 0.437. The molecule has 0 aromatic heterocycles. The predicted octanol–water partition coefficient (Wildman–Crippen LogP) is 5.36. The van der Waals surface area contributed by atoms with Crippen LogP contribution in [-0.2, 0) is 5.41 Å². The van der Waals surface area contributed by atoms with Gasteiger partial charge in [0.1, 0.15) is 17.1 Å². The van der Waals surface area contributed by atoms with Gasteiger partial charge < -0.3 is 25.2 Å². The smallest absolute Gasteiger partial charge is 0.263 e. The summed E-state index contributed by atoms with van der Waals surface area (Å²) in [6, 6.07) is 20.2. The minimum absolute atomic E-state index is 0.0605. The van der Waals surface area contributed by atoms with Gasteiger partial charge in [-0.1, -0.05) is 51.1 Å². The molecule has 168 valence electrons.